The summed E-state index contributed by atoms with van der Waals surface area (Å²) in [5, 5.41) is 0. The fourth-order valence-corrected chi connectivity index (χ4v) is 5.75. The fraction of sp³-hybridized carbons (Fsp3) is 0.667. The van der Waals surface area contributed by atoms with E-state index in [0.717, 1.165) is 0 Å². The summed E-state index contributed by atoms with van der Waals surface area (Å²) >= 11 is -1.13. The summed E-state index contributed by atoms with van der Waals surface area (Å²) in [5.41, 5.74) is 3.54. The summed E-state index contributed by atoms with van der Waals surface area (Å²) in [5.74, 6) is 0. The maximum atomic E-state index is 2.54. The number of hydrogen-bond donors (Lipinski definition) is 0. The Labute approximate surface area is 89.8 Å². The van der Waals surface area contributed by atoms with E-state index in [-0.39, 0.29) is 0 Å². The van der Waals surface area contributed by atoms with E-state index in [1.54, 1.807) is 5.57 Å². The molecule has 0 heterocycles. The molecular weight excluding hydrogens is 235 g/mol. The van der Waals surface area contributed by atoms with Crippen LogP contribution in [0.1, 0.15) is 32.6 Å². The average molecular weight is 255 g/mol. The van der Waals surface area contributed by atoms with Gasteiger partial charge in [-0.15, -0.1) is 0 Å². The van der Waals surface area contributed by atoms with Crippen molar-refractivity contribution in [3.8, 4) is 0 Å². The summed E-state index contributed by atoms with van der Waals surface area (Å²) < 4.78 is 5.66. The van der Waals surface area contributed by atoms with E-state index < -0.39 is 21.8 Å². The van der Waals surface area contributed by atoms with Crippen LogP contribution in [0.25, 0.3) is 0 Å². The Morgan fingerprint density at radius 3 is 2.62 bits per heavy atom. The van der Waals surface area contributed by atoms with Crippen LogP contribution in [0.4, 0.5) is 0 Å². The number of rotatable bonds is 1. The molecular formula is C12H19Zr. The van der Waals surface area contributed by atoms with Gasteiger partial charge >= 0.3 is 90.0 Å². The molecule has 0 aromatic heterocycles. The van der Waals surface area contributed by atoms with Crippen LogP contribution >= 0.6 is 0 Å². The molecule has 0 aliphatic heterocycles. The third-order valence-corrected chi connectivity index (χ3v) is 10.1. The van der Waals surface area contributed by atoms with Gasteiger partial charge in [0.1, 0.15) is 0 Å². The van der Waals surface area contributed by atoms with Crippen LogP contribution in [0.3, 0.4) is 0 Å². The van der Waals surface area contributed by atoms with Crippen LogP contribution in [-0.2, 0) is 21.8 Å². The predicted molar refractivity (Wildman–Crippen MR) is 54.7 cm³/mol. The second-order valence-electron chi connectivity index (χ2n) is 4.75. The quantitative estimate of drug-likeness (QED) is 0.654. The first-order valence-corrected chi connectivity index (χ1v) is 11.5. The fourth-order valence-electron chi connectivity index (χ4n) is 2.54. The molecule has 0 aromatic rings. The average Bonchev–Trinajstić information content (AvgIpc) is 2.47. The van der Waals surface area contributed by atoms with E-state index in [9.17, 15) is 0 Å². The van der Waals surface area contributed by atoms with Crippen molar-refractivity contribution in [1.82, 2.24) is 0 Å². The van der Waals surface area contributed by atoms with E-state index in [0.29, 0.717) is 3.12 Å². The third kappa shape index (κ3) is 1.54. The van der Waals surface area contributed by atoms with Gasteiger partial charge in [-0.2, -0.15) is 0 Å². The Bertz CT molecular complexity index is 273. The van der Waals surface area contributed by atoms with Crippen LogP contribution in [-0.4, -0.2) is 0 Å². The Hall–Kier alpha value is 0.363. The van der Waals surface area contributed by atoms with Crippen LogP contribution in [0.2, 0.25) is 12.4 Å². The Kier molecular flexibility index (Phi) is 2.66. The van der Waals surface area contributed by atoms with Gasteiger partial charge in [-0.1, -0.05) is 0 Å². The first-order valence-electron chi connectivity index (χ1n) is 5.37. The third-order valence-electron chi connectivity index (χ3n) is 3.79. The van der Waals surface area contributed by atoms with E-state index in [1.165, 1.54) is 25.7 Å². The number of hydrogen-bond acceptors (Lipinski definition) is 0. The van der Waals surface area contributed by atoms with Gasteiger partial charge in [0.05, 0.1) is 0 Å². The van der Waals surface area contributed by atoms with E-state index in [4.69, 9.17) is 0 Å². The molecule has 0 amide bonds. The summed E-state index contributed by atoms with van der Waals surface area (Å²) in [6, 6.07) is 0. The molecule has 1 atom stereocenters. The maximum absolute atomic E-state index is 2.54. The van der Waals surface area contributed by atoms with Gasteiger partial charge < -0.3 is 0 Å². The van der Waals surface area contributed by atoms with Gasteiger partial charge in [0.15, 0.2) is 0 Å². The molecule has 0 saturated carbocycles. The van der Waals surface area contributed by atoms with Gasteiger partial charge in [-0.25, -0.2) is 0 Å². The zero-order valence-corrected chi connectivity index (χ0v) is 11.4. The summed E-state index contributed by atoms with van der Waals surface area (Å²) in [7, 11) is 0. The van der Waals surface area contributed by atoms with Gasteiger partial charge in [0.25, 0.3) is 0 Å². The molecule has 0 aromatic carbocycles. The van der Waals surface area contributed by atoms with Crippen molar-refractivity contribution >= 4 is 0 Å². The van der Waals surface area contributed by atoms with Crippen molar-refractivity contribution in [1.29, 1.82) is 0 Å². The molecule has 1 unspecified atom stereocenters. The van der Waals surface area contributed by atoms with Gasteiger partial charge in [0, 0.05) is 0 Å². The molecule has 0 saturated heterocycles. The topological polar surface area (TPSA) is 0 Å². The zero-order chi connectivity index (χ0) is 9.47. The summed E-state index contributed by atoms with van der Waals surface area (Å²) in [6.45, 7) is 2.49. The molecule has 2 rings (SSSR count). The Balaban J connectivity index is 2.35. The summed E-state index contributed by atoms with van der Waals surface area (Å²) in [6.07, 6.45) is 10.6. The molecule has 0 radical (unpaired) electrons. The standard InChI is InChI=1S/C10H13.2CH3.Zr/c1-8-6-7-9-4-2-3-5-10(8)9;;;/h6-7H,2-5H2,1H3;2*1H3;. The van der Waals surface area contributed by atoms with Crippen molar-refractivity contribution in [3.63, 3.8) is 0 Å². The molecule has 0 N–H and O–H groups in total. The van der Waals surface area contributed by atoms with E-state index in [1.807, 2.05) is 5.57 Å². The van der Waals surface area contributed by atoms with Gasteiger partial charge in [-0.05, 0) is 0 Å². The molecule has 0 bridgehead atoms. The van der Waals surface area contributed by atoms with Gasteiger partial charge in [0.2, 0.25) is 0 Å². The molecule has 13 heavy (non-hydrogen) atoms. The van der Waals surface area contributed by atoms with Crippen molar-refractivity contribution in [2.45, 2.75) is 45.0 Å². The Morgan fingerprint density at radius 2 is 1.92 bits per heavy atom. The zero-order valence-electron chi connectivity index (χ0n) is 8.98. The molecule has 1 heteroatoms. The van der Waals surface area contributed by atoms with Crippen molar-refractivity contribution in [2.75, 3.05) is 0 Å². The van der Waals surface area contributed by atoms with Crippen molar-refractivity contribution in [2.24, 2.45) is 0 Å². The molecule has 0 nitrogen and oxygen atoms in total. The SMILES string of the molecule is [CH3][Zr]([CH3])[C]1(C)C=CC2=C1CCCC2. The monoisotopic (exact) mass is 253 g/mol. The molecule has 0 fully saturated rings. The Morgan fingerprint density at radius 1 is 1.23 bits per heavy atom. The van der Waals surface area contributed by atoms with Crippen molar-refractivity contribution < 1.29 is 21.8 Å². The van der Waals surface area contributed by atoms with E-state index in [2.05, 4.69) is 28.3 Å². The van der Waals surface area contributed by atoms with E-state index >= 15 is 0 Å². The van der Waals surface area contributed by atoms with Gasteiger partial charge in [-0.3, -0.25) is 0 Å². The normalized spacial score (nSPS) is 32.2. The molecule has 71 valence electrons. The second kappa shape index (κ2) is 3.50. The van der Waals surface area contributed by atoms with Crippen molar-refractivity contribution in [3.05, 3.63) is 23.3 Å². The summed E-state index contributed by atoms with van der Waals surface area (Å²) in [4.78, 5) is 0. The second-order valence-corrected chi connectivity index (χ2v) is 12.2. The molecule has 2 aliphatic rings. The van der Waals surface area contributed by atoms with Crippen LogP contribution in [0.15, 0.2) is 23.3 Å². The van der Waals surface area contributed by atoms with Crippen LogP contribution < -0.4 is 0 Å². The van der Waals surface area contributed by atoms with Crippen LogP contribution in [0, 0.1) is 0 Å². The minimum absolute atomic E-state index is 0.581. The first-order chi connectivity index (χ1) is 6.14. The predicted octanol–water partition coefficient (Wildman–Crippen LogP) is 4.32. The minimum atomic E-state index is -1.13. The first kappa shape index (κ1) is 9.90. The molecule has 2 aliphatic carbocycles. The van der Waals surface area contributed by atoms with Crippen LogP contribution in [0.5, 0.6) is 0 Å². The molecule has 0 spiro atoms. The number of allylic oxidation sites excluding steroid dienone is 4.